The summed E-state index contributed by atoms with van der Waals surface area (Å²) < 4.78 is 41.1. The van der Waals surface area contributed by atoms with E-state index < -0.39 is 17.8 Å². The molecule has 13 heteroatoms. The molecule has 1 aliphatic rings. The number of hydrogen-bond donors (Lipinski definition) is 2. The number of halogens is 4. The minimum atomic E-state index is -4.41. The van der Waals surface area contributed by atoms with Crippen LogP contribution in [0.3, 0.4) is 0 Å². The molecule has 1 fully saturated rings. The van der Waals surface area contributed by atoms with Crippen molar-refractivity contribution in [2.24, 2.45) is 0 Å². The number of alkyl halides is 3. The second-order valence-electron chi connectivity index (χ2n) is 8.65. The number of benzene rings is 1. The van der Waals surface area contributed by atoms with Crippen LogP contribution in [0.4, 0.5) is 19.0 Å². The number of piperazine rings is 1. The zero-order chi connectivity index (χ0) is 26.2. The van der Waals surface area contributed by atoms with Gasteiger partial charge in [-0.05, 0) is 58.7 Å². The fourth-order valence-electron chi connectivity index (χ4n) is 4.13. The van der Waals surface area contributed by atoms with Gasteiger partial charge in [0.15, 0.2) is 5.65 Å². The monoisotopic (exact) mass is 574 g/mol. The number of anilines is 1. The van der Waals surface area contributed by atoms with Gasteiger partial charge in [0.25, 0.3) is 0 Å². The molecule has 9 nitrogen and oxygen atoms in total. The van der Waals surface area contributed by atoms with Gasteiger partial charge >= 0.3 is 6.18 Å². The Hall–Kier alpha value is -3.58. The number of aromatic nitrogens is 5. The van der Waals surface area contributed by atoms with Crippen molar-refractivity contribution in [3.8, 4) is 5.69 Å². The number of nitrogens with one attached hydrogen (secondary N) is 2. The van der Waals surface area contributed by atoms with Gasteiger partial charge in [-0.25, -0.2) is 14.6 Å². The van der Waals surface area contributed by atoms with E-state index in [9.17, 15) is 18.0 Å². The van der Waals surface area contributed by atoms with Crippen LogP contribution in [0.2, 0.25) is 0 Å². The highest BCUT2D eigenvalue weighted by Gasteiger charge is 2.30. The van der Waals surface area contributed by atoms with Crippen molar-refractivity contribution in [2.75, 3.05) is 24.5 Å². The Morgan fingerprint density at radius 1 is 1.22 bits per heavy atom. The minimum absolute atomic E-state index is 0.155. The van der Waals surface area contributed by atoms with Crippen molar-refractivity contribution in [1.29, 1.82) is 0 Å². The first-order valence-electron chi connectivity index (χ1n) is 11.4. The third-order valence-corrected chi connectivity index (χ3v) is 6.92. The number of pyridine rings is 1. The van der Waals surface area contributed by atoms with Gasteiger partial charge < -0.3 is 15.5 Å². The molecule has 0 saturated carbocycles. The largest absolute Gasteiger partial charge is 0.416 e. The summed E-state index contributed by atoms with van der Waals surface area (Å²) in [4.78, 5) is 27.8. The third-order valence-electron chi connectivity index (χ3n) is 6.09. The zero-order valence-electron chi connectivity index (χ0n) is 19.6. The zero-order valence-corrected chi connectivity index (χ0v) is 21.2. The van der Waals surface area contributed by atoms with Crippen LogP contribution in [0.25, 0.3) is 16.7 Å². The molecule has 1 saturated heterocycles. The number of nitrogens with zero attached hydrogens (tertiary/aromatic N) is 6. The van der Waals surface area contributed by atoms with Gasteiger partial charge in [-0.1, -0.05) is 0 Å². The highest BCUT2D eigenvalue weighted by atomic mass is 79.9. The Morgan fingerprint density at radius 3 is 2.73 bits per heavy atom. The number of rotatable bonds is 5. The summed E-state index contributed by atoms with van der Waals surface area (Å²) in [5.41, 5.74) is 1.93. The highest BCUT2D eigenvalue weighted by Crippen LogP contribution is 2.30. The van der Waals surface area contributed by atoms with Gasteiger partial charge in [0, 0.05) is 36.5 Å². The summed E-state index contributed by atoms with van der Waals surface area (Å²) in [6.07, 6.45) is 0.375. The average molecular weight is 575 g/mol. The predicted molar refractivity (Wildman–Crippen MR) is 134 cm³/mol. The van der Waals surface area contributed by atoms with E-state index in [-0.39, 0.29) is 5.91 Å². The fraction of sp³-hybridized carbons (Fsp3) is 0.292. The third kappa shape index (κ3) is 5.42. The van der Waals surface area contributed by atoms with Gasteiger partial charge in [0.1, 0.15) is 18.2 Å². The van der Waals surface area contributed by atoms with E-state index in [4.69, 9.17) is 0 Å². The van der Waals surface area contributed by atoms with Gasteiger partial charge in [0.2, 0.25) is 5.91 Å². The first kappa shape index (κ1) is 25.1. The number of aryl methyl sites for hydroxylation is 1. The molecular formula is C24H22BrF3N8O. The molecular weight excluding hydrogens is 553 g/mol. The topological polar surface area (TPSA) is 101 Å². The van der Waals surface area contributed by atoms with E-state index in [2.05, 4.69) is 46.6 Å². The number of hydrogen-bond acceptors (Lipinski definition) is 7. The lowest BCUT2D eigenvalue weighted by Crippen LogP contribution is -2.57. The number of carbonyl (C=O) groups excluding carboxylic acids is 1. The van der Waals surface area contributed by atoms with Crippen LogP contribution in [0, 0.1) is 6.92 Å². The Morgan fingerprint density at radius 2 is 2.00 bits per heavy atom. The molecule has 0 aliphatic carbocycles. The molecule has 4 aromatic rings. The average Bonchev–Trinajstić information content (AvgIpc) is 3.33. The second kappa shape index (κ2) is 10.1. The molecule has 1 aromatic carbocycles. The SMILES string of the molecule is Cc1cc(CNC(=O)[C@@H]2CN(c3ncnc4nn(-c5ccc(C(F)(F)F)cc5)cc34)CCN2)ncc1Br. The van der Waals surface area contributed by atoms with Crippen LogP contribution < -0.4 is 15.5 Å². The maximum atomic E-state index is 12.9. The molecule has 37 heavy (non-hydrogen) atoms. The maximum absolute atomic E-state index is 12.9. The first-order valence-corrected chi connectivity index (χ1v) is 12.2. The lowest BCUT2D eigenvalue weighted by molar-refractivity contribution is -0.137. The summed E-state index contributed by atoms with van der Waals surface area (Å²) >= 11 is 3.42. The first-order chi connectivity index (χ1) is 17.7. The molecule has 192 valence electrons. The van der Waals surface area contributed by atoms with Crippen molar-refractivity contribution >= 4 is 38.7 Å². The highest BCUT2D eigenvalue weighted by molar-refractivity contribution is 9.10. The fourth-order valence-corrected chi connectivity index (χ4v) is 4.34. The smallest absolute Gasteiger partial charge is 0.353 e. The van der Waals surface area contributed by atoms with E-state index in [1.807, 2.05) is 17.9 Å². The Labute approximate surface area is 218 Å². The summed E-state index contributed by atoms with van der Waals surface area (Å²) in [7, 11) is 0. The molecule has 0 radical (unpaired) electrons. The van der Waals surface area contributed by atoms with Crippen LogP contribution >= 0.6 is 15.9 Å². The molecule has 2 N–H and O–H groups in total. The molecule has 1 amide bonds. The Bertz CT molecular complexity index is 1440. The number of fused-ring (bicyclic) bond motifs is 1. The van der Waals surface area contributed by atoms with Crippen molar-refractivity contribution in [2.45, 2.75) is 25.7 Å². The molecule has 1 atom stereocenters. The van der Waals surface area contributed by atoms with Gasteiger partial charge in [-0.3, -0.25) is 9.78 Å². The van der Waals surface area contributed by atoms with Crippen LogP contribution in [0.1, 0.15) is 16.8 Å². The molecule has 0 bridgehead atoms. The number of amides is 1. The van der Waals surface area contributed by atoms with Crippen molar-refractivity contribution in [3.63, 3.8) is 0 Å². The predicted octanol–water partition coefficient (Wildman–Crippen LogP) is 3.39. The normalized spacial score (nSPS) is 16.2. The molecule has 4 heterocycles. The second-order valence-corrected chi connectivity index (χ2v) is 9.50. The van der Waals surface area contributed by atoms with E-state index >= 15 is 0 Å². The van der Waals surface area contributed by atoms with Crippen LogP contribution in [0.15, 0.2) is 53.5 Å². The summed E-state index contributed by atoms with van der Waals surface area (Å²) in [5.74, 6) is 0.450. The lowest BCUT2D eigenvalue weighted by atomic mass is 10.1. The van der Waals surface area contributed by atoms with E-state index in [0.29, 0.717) is 48.7 Å². The van der Waals surface area contributed by atoms with Crippen molar-refractivity contribution < 1.29 is 18.0 Å². The summed E-state index contributed by atoms with van der Waals surface area (Å²) in [6, 6.07) is 6.18. The van der Waals surface area contributed by atoms with Crippen LogP contribution in [0.5, 0.6) is 0 Å². The van der Waals surface area contributed by atoms with Crippen LogP contribution in [-0.2, 0) is 17.5 Å². The molecule has 0 unspecified atom stereocenters. The van der Waals surface area contributed by atoms with Crippen molar-refractivity contribution in [3.05, 3.63) is 70.3 Å². The van der Waals surface area contributed by atoms with Gasteiger partial charge in [-0.2, -0.15) is 13.2 Å². The van der Waals surface area contributed by atoms with E-state index in [1.54, 1.807) is 12.4 Å². The Balaban J connectivity index is 1.32. The van der Waals surface area contributed by atoms with Crippen LogP contribution in [-0.4, -0.2) is 56.3 Å². The summed E-state index contributed by atoms with van der Waals surface area (Å²) in [5, 5.41) is 11.2. The van der Waals surface area contributed by atoms with E-state index in [0.717, 1.165) is 27.9 Å². The maximum Gasteiger partial charge on any atom is 0.416 e. The summed E-state index contributed by atoms with van der Waals surface area (Å²) in [6.45, 7) is 3.81. The molecule has 5 rings (SSSR count). The molecule has 0 spiro atoms. The van der Waals surface area contributed by atoms with Crippen molar-refractivity contribution in [1.82, 2.24) is 35.4 Å². The number of carbonyl (C=O) groups is 1. The molecule has 1 aliphatic heterocycles. The van der Waals surface area contributed by atoms with E-state index in [1.165, 1.54) is 23.1 Å². The lowest BCUT2D eigenvalue weighted by Gasteiger charge is -2.33. The quantitative estimate of drug-likeness (QED) is 0.377. The van der Waals surface area contributed by atoms with Gasteiger partial charge in [0.05, 0.1) is 28.9 Å². The van der Waals surface area contributed by atoms with Gasteiger partial charge in [-0.15, -0.1) is 5.10 Å². The Kier molecular flexibility index (Phi) is 6.82. The standard InChI is InChI=1S/C24H22BrF3N8O/c1-14-8-16(30-10-19(14)25)9-31-23(37)20-12-35(7-6-29-20)22-18-11-36(34-21(18)32-13-33-22)17-4-2-15(3-5-17)24(26,27)28/h2-5,8,10-11,13,20,29H,6-7,9,12H2,1H3,(H,31,37)/t20-/m0/s1. The minimum Gasteiger partial charge on any atom is -0.353 e. The molecule has 3 aromatic heterocycles.